The summed E-state index contributed by atoms with van der Waals surface area (Å²) in [6, 6.07) is 11.4. The summed E-state index contributed by atoms with van der Waals surface area (Å²) < 4.78 is 24.0. The maximum Gasteiger partial charge on any atom is 0.192 e. The number of carbonyl (C=O) groups is 1. The van der Waals surface area contributed by atoms with E-state index in [1.165, 1.54) is 18.2 Å². The van der Waals surface area contributed by atoms with E-state index >= 15 is 0 Å². The van der Waals surface area contributed by atoms with Gasteiger partial charge in [0.15, 0.2) is 5.78 Å². The summed E-state index contributed by atoms with van der Waals surface area (Å²) in [7, 11) is 1.60. The van der Waals surface area contributed by atoms with Crippen LogP contribution in [0.15, 0.2) is 48.0 Å². The highest BCUT2D eigenvalue weighted by Gasteiger charge is 2.21. The average molecular weight is 298 g/mol. The number of halogens is 1. The van der Waals surface area contributed by atoms with Gasteiger partial charge in [0.25, 0.3) is 0 Å². The molecule has 22 heavy (non-hydrogen) atoms. The Morgan fingerprint density at radius 3 is 2.68 bits per heavy atom. The van der Waals surface area contributed by atoms with E-state index in [4.69, 9.17) is 9.47 Å². The molecule has 1 heterocycles. The van der Waals surface area contributed by atoms with Gasteiger partial charge < -0.3 is 9.47 Å². The van der Waals surface area contributed by atoms with Crippen LogP contribution >= 0.6 is 0 Å². The molecule has 0 spiro atoms. The van der Waals surface area contributed by atoms with Crippen LogP contribution in [0, 0.1) is 5.82 Å². The number of ketones is 1. The van der Waals surface area contributed by atoms with E-state index in [0.717, 1.165) is 11.3 Å². The van der Waals surface area contributed by atoms with Crippen molar-refractivity contribution >= 4 is 11.9 Å². The molecule has 2 aromatic rings. The first kappa shape index (κ1) is 14.3. The lowest BCUT2D eigenvalue weighted by Crippen LogP contribution is -2.02. The second kappa shape index (κ2) is 6.02. The summed E-state index contributed by atoms with van der Waals surface area (Å²) in [5.41, 5.74) is 1.77. The minimum atomic E-state index is -0.443. The number of hydrogen-bond donors (Lipinski definition) is 0. The van der Waals surface area contributed by atoms with Crippen LogP contribution in [0.25, 0.3) is 6.08 Å². The van der Waals surface area contributed by atoms with Gasteiger partial charge in [-0.05, 0) is 42.0 Å². The van der Waals surface area contributed by atoms with Gasteiger partial charge in [0.1, 0.15) is 17.3 Å². The number of benzene rings is 2. The van der Waals surface area contributed by atoms with Gasteiger partial charge in [-0.3, -0.25) is 4.79 Å². The molecule has 0 saturated heterocycles. The molecule has 3 rings (SSSR count). The van der Waals surface area contributed by atoms with Crippen LogP contribution in [-0.2, 0) is 0 Å². The van der Waals surface area contributed by atoms with Gasteiger partial charge in [0, 0.05) is 12.0 Å². The molecule has 0 amide bonds. The number of rotatable bonds is 2. The largest absolute Gasteiger partial charge is 0.497 e. The van der Waals surface area contributed by atoms with Crippen LogP contribution in [0.2, 0.25) is 0 Å². The maximum atomic E-state index is 13.4. The molecule has 1 aliphatic heterocycles. The van der Waals surface area contributed by atoms with E-state index < -0.39 is 5.82 Å². The first-order valence-corrected chi connectivity index (χ1v) is 6.99. The molecule has 0 unspecified atom stereocenters. The first-order chi connectivity index (χ1) is 10.7. The van der Waals surface area contributed by atoms with E-state index in [-0.39, 0.29) is 11.3 Å². The number of fused-ring (bicyclic) bond motifs is 1. The predicted octanol–water partition coefficient (Wildman–Crippen LogP) is 3.88. The highest BCUT2D eigenvalue weighted by molar-refractivity contribution is 6.13. The Bertz CT molecular complexity index is 732. The average Bonchev–Trinajstić information content (AvgIpc) is 2.68. The van der Waals surface area contributed by atoms with Crippen molar-refractivity contribution in [3.05, 3.63) is 65.0 Å². The quantitative estimate of drug-likeness (QED) is 0.789. The smallest absolute Gasteiger partial charge is 0.192 e. The van der Waals surface area contributed by atoms with E-state index in [0.29, 0.717) is 24.4 Å². The third kappa shape index (κ3) is 2.86. The third-order valence-electron chi connectivity index (χ3n) is 3.56. The van der Waals surface area contributed by atoms with Gasteiger partial charge in [-0.1, -0.05) is 12.1 Å². The van der Waals surface area contributed by atoms with Gasteiger partial charge in [-0.25, -0.2) is 4.39 Å². The topological polar surface area (TPSA) is 35.5 Å². The fourth-order valence-corrected chi connectivity index (χ4v) is 2.40. The number of hydrogen-bond acceptors (Lipinski definition) is 3. The predicted molar refractivity (Wildman–Crippen MR) is 81.8 cm³/mol. The summed E-state index contributed by atoms with van der Waals surface area (Å²) in [6.45, 7) is 0.395. The first-order valence-electron chi connectivity index (χ1n) is 6.99. The molecule has 0 aromatic heterocycles. The molecule has 4 heteroatoms. The van der Waals surface area contributed by atoms with Crippen molar-refractivity contribution in [1.29, 1.82) is 0 Å². The van der Waals surface area contributed by atoms with Gasteiger partial charge in [0.2, 0.25) is 0 Å². The molecule has 2 aromatic carbocycles. The van der Waals surface area contributed by atoms with E-state index in [1.54, 1.807) is 7.11 Å². The molecular weight excluding hydrogens is 283 g/mol. The number of carbonyl (C=O) groups excluding carboxylic acids is 1. The molecule has 0 fully saturated rings. The fraction of sp³-hybridized carbons (Fsp3) is 0.167. The van der Waals surface area contributed by atoms with Crippen molar-refractivity contribution in [3.8, 4) is 11.5 Å². The molecule has 0 N–H and O–H groups in total. The molecule has 3 nitrogen and oxygen atoms in total. The van der Waals surface area contributed by atoms with Crippen LogP contribution in [0.1, 0.15) is 22.3 Å². The van der Waals surface area contributed by atoms with Gasteiger partial charge in [0.05, 0.1) is 19.3 Å². The second-order valence-corrected chi connectivity index (χ2v) is 5.01. The standard InChI is InChI=1S/C18H15FO3/c1-21-15-5-2-12(3-6-15)10-13-8-9-22-17-7-4-14(19)11-16(17)18(13)20/h2-7,10-11H,8-9H2,1H3/b13-10+. The monoisotopic (exact) mass is 298 g/mol. The van der Waals surface area contributed by atoms with Crippen molar-refractivity contribution in [1.82, 2.24) is 0 Å². The van der Waals surface area contributed by atoms with E-state index in [2.05, 4.69) is 0 Å². The third-order valence-corrected chi connectivity index (χ3v) is 3.56. The van der Waals surface area contributed by atoms with Crippen LogP contribution in [0.4, 0.5) is 4.39 Å². The maximum absolute atomic E-state index is 13.4. The van der Waals surface area contributed by atoms with Crippen molar-refractivity contribution in [2.75, 3.05) is 13.7 Å². The second-order valence-electron chi connectivity index (χ2n) is 5.01. The Morgan fingerprint density at radius 2 is 1.95 bits per heavy atom. The van der Waals surface area contributed by atoms with Gasteiger partial charge >= 0.3 is 0 Å². The van der Waals surface area contributed by atoms with Crippen molar-refractivity contribution in [2.45, 2.75) is 6.42 Å². The summed E-state index contributed by atoms with van der Waals surface area (Å²) in [5.74, 6) is 0.554. The SMILES string of the molecule is COc1ccc(/C=C2\CCOc3ccc(F)cc3C2=O)cc1. The van der Waals surface area contributed by atoms with Gasteiger partial charge in [-0.2, -0.15) is 0 Å². The van der Waals surface area contributed by atoms with Crippen molar-refractivity contribution in [2.24, 2.45) is 0 Å². The Kier molecular flexibility index (Phi) is 3.92. The van der Waals surface area contributed by atoms with Crippen molar-refractivity contribution < 1.29 is 18.7 Å². The molecule has 0 saturated carbocycles. The number of Topliss-reactive ketones (excluding diaryl/α,β-unsaturated/α-hetero) is 1. The molecule has 0 bridgehead atoms. The Morgan fingerprint density at radius 1 is 1.18 bits per heavy atom. The molecule has 0 aliphatic carbocycles. The van der Waals surface area contributed by atoms with Gasteiger partial charge in [-0.15, -0.1) is 0 Å². The van der Waals surface area contributed by atoms with Crippen LogP contribution in [0.3, 0.4) is 0 Å². The minimum absolute atomic E-state index is 0.192. The molecule has 1 aliphatic rings. The lowest BCUT2D eigenvalue weighted by molar-refractivity contribution is 0.103. The van der Waals surface area contributed by atoms with Crippen molar-refractivity contribution in [3.63, 3.8) is 0 Å². The fourth-order valence-electron chi connectivity index (χ4n) is 2.40. The minimum Gasteiger partial charge on any atom is -0.497 e. The molecular formula is C18H15FO3. The summed E-state index contributed by atoms with van der Waals surface area (Å²) in [5, 5.41) is 0. The summed E-state index contributed by atoms with van der Waals surface area (Å²) in [4.78, 5) is 12.6. The summed E-state index contributed by atoms with van der Waals surface area (Å²) in [6.07, 6.45) is 2.30. The zero-order chi connectivity index (χ0) is 15.5. The zero-order valence-corrected chi connectivity index (χ0v) is 12.1. The Balaban J connectivity index is 1.96. The number of methoxy groups -OCH3 is 1. The lowest BCUT2D eigenvalue weighted by atomic mass is 9.99. The normalized spacial score (nSPS) is 15.9. The molecule has 0 radical (unpaired) electrons. The van der Waals surface area contributed by atoms with Crippen LogP contribution < -0.4 is 9.47 Å². The molecule has 112 valence electrons. The Labute approximate surface area is 128 Å². The zero-order valence-electron chi connectivity index (χ0n) is 12.1. The Hall–Kier alpha value is -2.62. The highest BCUT2D eigenvalue weighted by atomic mass is 19.1. The molecule has 0 atom stereocenters. The lowest BCUT2D eigenvalue weighted by Gasteiger charge is -2.05. The highest BCUT2D eigenvalue weighted by Crippen LogP contribution is 2.28. The van der Waals surface area contributed by atoms with E-state index in [1.807, 2.05) is 30.3 Å². The van der Waals surface area contributed by atoms with Crippen LogP contribution in [-0.4, -0.2) is 19.5 Å². The van der Waals surface area contributed by atoms with E-state index in [9.17, 15) is 9.18 Å². The van der Waals surface area contributed by atoms with Crippen LogP contribution in [0.5, 0.6) is 11.5 Å². The summed E-state index contributed by atoms with van der Waals surface area (Å²) >= 11 is 0. The number of ether oxygens (including phenoxy) is 2.